The zero-order chi connectivity index (χ0) is 13.7. The zero-order valence-corrected chi connectivity index (χ0v) is 11.0. The monoisotopic (exact) mass is 277 g/mol. The van der Waals surface area contributed by atoms with Gasteiger partial charge in [-0.2, -0.15) is 0 Å². The quantitative estimate of drug-likeness (QED) is 0.871. The molecular weight excluding hydrogens is 266 g/mol. The number of amides is 1. The Morgan fingerprint density at radius 2 is 2.26 bits per heavy atom. The molecule has 0 fully saturated rings. The number of carbonyl (C=O) groups is 1. The second-order valence-electron chi connectivity index (χ2n) is 3.78. The molecule has 0 spiro atoms. The van der Waals surface area contributed by atoms with Gasteiger partial charge in [-0.15, -0.1) is 0 Å². The van der Waals surface area contributed by atoms with Crippen LogP contribution in [0.5, 0.6) is 5.75 Å². The second kappa shape index (κ2) is 6.15. The van der Waals surface area contributed by atoms with Crippen molar-refractivity contribution in [3.8, 4) is 5.75 Å². The van der Waals surface area contributed by atoms with E-state index in [1.165, 1.54) is 6.20 Å². The van der Waals surface area contributed by atoms with Gasteiger partial charge in [0.2, 0.25) is 11.9 Å². The van der Waals surface area contributed by atoms with Gasteiger partial charge in [0, 0.05) is 6.20 Å². The van der Waals surface area contributed by atoms with Crippen LogP contribution in [0.4, 0.5) is 5.95 Å². The minimum Gasteiger partial charge on any atom is -0.497 e. The van der Waals surface area contributed by atoms with Gasteiger partial charge in [-0.3, -0.25) is 10.1 Å². The van der Waals surface area contributed by atoms with Crippen molar-refractivity contribution < 1.29 is 9.53 Å². The first-order chi connectivity index (χ1) is 9.17. The van der Waals surface area contributed by atoms with Gasteiger partial charge < -0.3 is 4.74 Å². The highest BCUT2D eigenvalue weighted by atomic mass is 35.5. The Hall–Kier alpha value is -2.14. The smallest absolute Gasteiger partial charge is 0.231 e. The van der Waals surface area contributed by atoms with Crippen molar-refractivity contribution in [3.63, 3.8) is 0 Å². The Morgan fingerprint density at radius 1 is 1.42 bits per heavy atom. The number of carbonyl (C=O) groups excluding carboxylic acids is 1. The summed E-state index contributed by atoms with van der Waals surface area (Å²) >= 11 is 5.71. The summed E-state index contributed by atoms with van der Waals surface area (Å²) in [6, 6.07) is 8.84. The lowest BCUT2D eigenvalue weighted by Crippen LogP contribution is -2.16. The fourth-order valence-electron chi connectivity index (χ4n) is 1.53. The number of benzene rings is 1. The molecule has 0 saturated heterocycles. The highest BCUT2D eigenvalue weighted by molar-refractivity contribution is 6.29. The number of nitrogens with one attached hydrogen (secondary N) is 1. The predicted molar refractivity (Wildman–Crippen MR) is 72.4 cm³/mol. The van der Waals surface area contributed by atoms with Crippen LogP contribution in [0.3, 0.4) is 0 Å². The van der Waals surface area contributed by atoms with E-state index in [0.717, 1.165) is 5.56 Å². The summed E-state index contributed by atoms with van der Waals surface area (Å²) in [6.07, 6.45) is 1.70. The zero-order valence-electron chi connectivity index (χ0n) is 10.3. The van der Waals surface area contributed by atoms with Gasteiger partial charge in [0.15, 0.2) is 0 Å². The van der Waals surface area contributed by atoms with Crippen molar-refractivity contribution in [1.82, 2.24) is 9.97 Å². The Kier molecular flexibility index (Phi) is 4.30. The molecule has 1 aromatic carbocycles. The summed E-state index contributed by atoms with van der Waals surface area (Å²) in [5, 5.41) is 2.87. The lowest BCUT2D eigenvalue weighted by atomic mass is 10.1. The van der Waals surface area contributed by atoms with Gasteiger partial charge in [-0.1, -0.05) is 23.7 Å². The fourth-order valence-corrected chi connectivity index (χ4v) is 1.67. The Bertz CT molecular complexity index is 590. The minimum atomic E-state index is -0.212. The highest BCUT2D eigenvalue weighted by Crippen LogP contribution is 2.13. The standard InChI is InChI=1S/C13H12ClN3O2/c1-19-10-4-2-3-9(7-10)8-12(18)17-13-15-6-5-11(14)16-13/h2-7H,8H2,1H3,(H,15,16,17,18). The summed E-state index contributed by atoms with van der Waals surface area (Å²) in [4.78, 5) is 19.6. The third kappa shape index (κ3) is 3.93. The molecule has 6 heteroatoms. The topological polar surface area (TPSA) is 64.1 Å². The minimum absolute atomic E-state index is 0.195. The summed E-state index contributed by atoms with van der Waals surface area (Å²) in [6.45, 7) is 0. The average molecular weight is 278 g/mol. The SMILES string of the molecule is COc1cccc(CC(=O)Nc2nccc(Cl)n2)c1. The first-order valence-electron chi connectivity index (χ1n) is 5.58. The van der Waals surface area contributed by atoms with E-state index >= 15 is 0 Å². The van der Waals surface area contributed by atoms with Gasteiger partial charge >= 0.3 is 0 Å². The molecule has 1 amide bonds. The van der Waals surface area contributed by atoms with Crippen molar-refractivity contribution in [2.24, 2.45) is 0 Å². The molecule has 0 aliphatic heterocycles. The maximum absolute atomic E-state index is 11.8. The van der Waals surface area contributed by atoms with Crippen LogP contribution in [-0.2, 0) is 11.2 Å². The number of hydrogen-bond acceptors (Lipinski definition) is 4. The van der Waals surface area contributed by atoms with E-state index in [-0.39, 0.29) is 23.4 Å². The van der Waals surface area contributed by atoms with E-state index in [0.29, 0.717) is 5.75 Å². The number of methoxy groups -OCH3 is 1. The van der Waals surface area contributed by atoms with E-state index in [4.69, 9.17) is 16.3 Å². The summed E-state index contributed by atoms with van der Waals surface area (Å²) in [5.74, 6) is 0.695. The third-order valence-corrected chi connectivity index (χ3v) is 2.58. The summed E-state index contributed by atoms with van der Waals surface area (Å²) < 4.78 is 5.10. The molecule has 2 rings (SSSR count). The molecule has 19 heavy (non-hydrogen) atoms. The number of nitrogens with zero attached hydrogens (tertiary/aromatic N) is 2. The van der Waals surface area contributed by atoms with Gasteiger partial charge in [-0.25, -0.2) is 9.97 Å². The van der Waals surface area contributed by atoms with E-state index in [9.17, 15) is 4.79 Å². The predicted octanol–water partition coefficient (Wildman–Crippen LogP) is 2.32. The number of aromatic nitrogens is 2. The van der Waals surface area contributed by atoms with Crippen molar-refractivity contribution in [1.29, 1.82) is 0 Å². The van der Waals surface area contributed by atoms with Crippen molar-refractivity contribution >= 4 is 23.5 Å². The first-order valence-corrected chi connectivity index (χ1v) is 5.96. The Morgan fingerprint density at radius 3 is 3.00 bits per heavy atom. The number of anilines is 1. The van der Waals surface area contributed by atoms with E-state index in [1.807, 2.05) is 18.2 Å². The fraction of sp³-hybridized carbons (Fsp3) is 0.154. The van der Waals surface area contributed by atoms with E-state index in [1.54, 1.807) is 19.2 Å². The molecule has 0 aliphatic carbocycles. The molecule has 5 nitrogen and oxygen atoms in total. The highest BCUT2D eigenvalue weighted by Gasteiger charge is 2.07. The molecule has 98 valence electrons. The molecule has 0 saturated carbocycles. The van der Waals surface area contributed by atoms with Crippen LogP contribution in [0.25, 0.3) is 0 Å². The molecule has 0 aliphatic rings. The van der Waals surface area contributed by atoms with E-state index in [2.05, 4.69) is 15.3 Å². The van der Waals surface area contributed by atoms with Crippen molar-refractivity contribution in [2.45, 2.75) is 6.42 Å². The average Bonchev–Trinajstić information content (AvgIpc) is 2.38. The second-order valence-corrected chi connectivity index (χ2v) is 4.17. The maximum atomic E-state index is 11.8. The molecule has 0 bridgehead atoms. The van der Waals surface area contributed by atoms with Crippen LogP contribution in [0.15, 0.2) is 36.5 Å². The lowest BCUT2D eigenvalue weighted by molar-refractivity contribution is -0.115. The molecule has 1 heterocycles. The maximum Gasteiger partial charge on any atom is 0.231 e. The molecule has 1 N–H and O–H groups in total. The molecule has 0 atom stereocenters. The van der Waals surface area contributed by atoms with Crippen LogP contribution in [0, 0.1) is 0 Å². The number of halogens is 1. The van der Waals surface area contributed by atoms with E-state index < -0.39 is 0 Å². The Balaban J connectivity index is 2.01. The largest absolute Gasteiger partial charge is 0.497 e. The number of ether oxygens (including phenoxy) is 1. The van der Waals surface area contributed by atoms with Gasteiger partial charge in [0.05, 0.1) is 13.5 Å². The van der Waals surface area contributed by atoms with Crippen LogP contribution in [0.1, 0.15) is 5.56 Å². The van der Waals surface area contributed by atoms with Crippen LogP contribution < -0.4 is 10.1 Å². The lowest BCUT2D eigenvalue weighted by Gasteiger charge is -2.05. The van der Waals surface area contributed by atoms with Crippen LogP contribution in [-0.4, -0.2) is 23.0 Å². The van der Waals surface area contributed by atoms with Crippen LogP contribution in [0.2, 0.25) is 5.15 Å². The summed E-state index contributed by atoms with van der Waals surface area (Å²) in [5.41, 5.74) is 0.846. The van der Waals surface area contributed by atoms with Crippen LogP contribution >= 0.6 is 11.6 Å². The summed E-state index contributed by atoms with van der Waals surface area (Å²) in [7, 11) is 1.58. The Labute approximate surface area is 115 Å². The molecule has 1 aromatic heterocycles. The molecular formula is C13H12ClN3O2. The van der Waals surface area contributed by atoms with Gasteiger partial charge in [0.1, 0.15) is 10.9 Å². The molecule has 0 radical (unpaired) electrons. The van der Waals surface area contributed by atoms with Crippen molar-refractivity contribution in [3.05, 3.63) is 47.2 Å². The molecule has 0 unspecified atom stereocenters. The van der Waals surface area contributed by atoms with Gasteiger partial charge in [0.25, 0.3) is 0 Å². The number of rotatable bonds is 4. The number of hydrogen-bond donors (Lipinski definition) is 1. The third-order valence-electron chi connectivity index (χ3n) is 2.37. The normalized spacial score (nSPS) is 10.0. The molecule has 2 aromatic rings. The van der Waals surface area contributed by atoms with Gasteiger partial charge in [-0.05, 0) is 23.8 Å². The van der Waals surface area contributed by atoms with Crippen molar-refractivity contribution in [2.75, 3.05) is 12.4 Å². The first kappa shape index (κ1) is 13.3.